The molecule has 4 aromatic rings. The monoisotopic (exact) mass is 455 g/mol. The van der Waals surface area contributed by atoms with Crippen LogP contribution in [0.25, 0.3) is 33.7 Å². The Morgan fingerprint density at radius 2 is 2.06 bits per heavy atom. The van der Waals surface area contributed by atoms with Gasteiger partial charge in [-0.1, -0.05) is 5.16 Å². The Morgan fingerprint density at radius 1 is 1.24 bits per heavy atom. The number of alkyl halides is 2. The maximum atomic E-state index is 12.6. The summed E-state index contributed by atoms with van der Waals surface area (Å²) in [7, 11) is 1.35. The van der Waals surface area contributed by atoms with Crippen LogP contribution in [0.3, 0.4) is 0 Å². The summed E-state index contributed by atoms with van der Waals surface area (Å²) in [6.45, 7) is -2.97. The first kappa shape index (κ1) is 20.9. The maximum absolute atomic E-state index is 12.6. The van der Waals surface area contributed by atoms with Crippen molar-refractivity contribution in [2.45, 2.75) is 31.8 Å². The van der Waals surface area contributed by atoms with E-state index < -0.39 is 12.6 Å². The summed E-state index contributed by atoms with van der Waals surface area (Å²) in [6, 6.07) is 10.1. The quantitative estimate of drug-likeness (QED) is 0.403. The molecule has 0 saturated carbocycles. The minimum absolute atomic E-state index is 0.0165. The predicted octanol–water partition coefficient (Wildman–Crippen LogP) is 5.00. The molecule has 8 nitrogen and oxygen atoms in total. The van der Waals surface area contributed by atoms with E-state index >= 15 is 0 Å². The van der Waals surface area contributed by atoms with E-state index in [9.17, 15) is 13.6 Å². The van der Waals surface area contributed by atoms with E-state index in [1.807, 2.05) is 18.2 Å². The molecule has 0 bridgehead atoms. The molecule has 170 valence electrons. The normalized spacial score (nSPS) is 15.2. The van der Waals surface area contributed by atoms with Crippen molar-refractivity contribution < 1.29 is 32.7 Å². The number of methoxy groups -OCH3 is 1. The molecule has 10 heteroatoms. The van der Waals surface area contributed by atoms with Gasteiger partial charge in [0.1, 0.15) is 0 Å². The lowest BCUT2D eigenvalue weighted by molar-refractivity contribution is -0.137. The highest BCUT2D eigenvalue weighted by Gasteiger charge is 2.28. The van der Waals surface area contributed by atoms with Crippen molar-refractivity contribution in [3.63, 3.8) is 0 Å². The van der Waals surface area contributed by atoms with Crippen LogP contribution in [0.5, 0.6) is 11.5 Å². The second kappa shape index (κ2) is 8.19. The molecule has 2 aromatic carbocycles. The van der Waals surface area contributed by atoms with Gasteiger partial charge in [0.15, 0.2) is 11.5 Å². The number of hydrogen-bond donors (Lipinski definition) is 2. The van der Waals surface area contributed by atoms with E-state index in [0.717, 1.165) is 40.6 Å². The number of hydrogen-bond acceptors (Lipinski definition) is 6. The average molecular weight is 455 g/mol. The minimum Gasteiger partial charge on any atom is -0.493 e. The molecule has 0 fully saturated rings. The van der Waals surface area contributed by atoms with E-state index in [0.29, 0.717) is 11.4 Å². The van der Waals surface area contributed by atoms with Crippen LogP contribution < -0.4 is 9.47 Å². The number of aromatic amines is 1. The van der Waals surface area contributed by atoms with Crippen LogP contribution >= 0.6 is 0 Å². The van der Waals surface area contributed by atoms with Crippen molar-refractivity contribution in [2.24, 2.45) is 0 Å². The van der Waals surface area contributed by atoms with E-state index in [1.165, 1.54) is 25.3 Å². The van der Waals surface area contributed by atoms with Gasteiger partial charge in [-0.25, -0.2) is 0 Å². The molecule has 2 heterocycles. The predicted molar refractivity (Wildman–Crippen MR) is 114 cm³/mol. The molecule has 1 unspecified atom stereocenters. The number of rotatable bonds is 7. The number of aliphatic carboxylic acids is 1. The van der Waals surface area contributed by atoms with Gasteiger partial charge in [-0.3, -0.25) is 4.79 Å². The lowest BCUT2D eigenvalue weighted by atomic mass is 10.0. The molecule has 2 aromatic heterocycles. The highest BCUT2D eigenvalue weighted by Crippen LogP contribution is 2.40. The summed E-state index contributed by atoms with van der Waals surface area (Å²) < 4.78 is 40.1. The van der Waals surface area contributed by atoms with Gasteiger partial charge >= 0.3 is 12.6 Å². The Bertz CT molecular complexity index is 1350. The minimum atomic E-state index is -2.97. The molecule has 0 saturated heterocycles. The molecular weight excluding hydrogens is 436 g/mol. The first-order chi connectivity index (χ1) is 15.9. The number of halogens is 2. The Balaban J connectivity index is 1.45. The fourth-order valence-corrected chi connectivity index (χ4v) is 4.36. The summed E-state index contributed by atoms with van der Waals surface area (Å²) in [4.78, 5) is 19.0. The zero-order valence-corrected chi connectivity index (χ0v) is 17.5. The van der Waals surface area contributed by atoms with Gasteiger partial charge in [0.2, 0.25) is 5.82 Å². The molecule has 0 spiro atoms. The average Bonchev–Trinajstić information content (AvgIpc) is 3.49. The van der Waals surface area contributed by atoms with Crippen molar-refractivity contribution in [1.82, 2.24) is 15.1 Å². The van der Waals surface area contributed by atoms with Crippen LogP contribution in [0.1, 0.15) is 30.0 Å². The van der Waals surface area contributed by atoms with Crippen LogP contribution in [0.15, 0.2) is 40.9 Å². The third-order valence-corrected chi connectivity index (χ3v) is 5.82. The molecule has 1 atom stereocenters. The highest BCUT2D eigenvalue weighted by atomic mass is 19.3. The van der Waals surface area contributed by atoms with Gasteiger partial charge in [0.05, 0.1) is 13.5 Å². The van der Waals surface area contributed by atoms with Gasteiger partial charge < -0.3 is 24.1 Å². The van der Waals surface area contributed by atoms with Crippen molar-refractivity contribution in [3.8, 4) is 34.3 Å². The van der Waals surface area contributed by atoms with Gasteiger partial charge in [-0.05, 0) is 54.8 Å². The fourth-order valence-electron chi connectivity index (χ4n) is 4.36. The van der Waals surface area contributed by atoms with Gasteiger partial charge in [-0.15, -0.1) is 0 Å². The zero-order valence-electron chi connectivity index (χ0n) is 17.5. The summed E-state index contributed by atoms with van der Waals surface area (Å²) in [5.74, 6) is -0.229. The Hall–Kier alpha value is -3.95. The van der Waals surface area contributed by atoms with Crippen molar-refractivity contribution >= 4 is 16.9 Å². The third kappa shape index (κ3) is 3.88. The number of carbonyl (C=O) groups is 1. The lowest BCUT2D eigenvalue weighted by Crippen LogP contribution is -2.03. The number of aromatic nitrogens is 3. The van der Waals surface area contributed by atoms with Crippen LogP contribution in [0.4, 0.5) is 8.78 Å². The number of aryl methyl sites for hydroxylation is 1. The number of nitrogens with zero attached hydrogens (tertiary/aromatic N) is 2. The number of carboxylic acids is 1. The Kier molecular flexibility index (Phi) is 5.20. The van der Waals surface area contributed by atoms with Gasteiger partial charge in [0.25, 0.3) is 5.89 Å². The van der Waals surface area contributed by atoms with Crippen molar-refractivity contribution in [3.05, 3.63) is 47.7 Å². The summed E-state index contributed by atoms with van der Waals surface area (Å²) in [6.07, 6.45) is 1.71. The van der Waals surface area contributed by atoms with Crippen LogP contribution in [-0.4, -0.2) is 39.9 Å². The first-order valence-electron chi connectivity index (χ1n) is 10.3. The number of benzene rings is 2. The number of H-pyrrole nitrogens is 1. The van der Waals surface area contributed by atoms with E-state index in [-0.39, 0.29) is 29.7 Å². The van der Waals surface area contributed by atoms with Crippen LogP contribution in [0.2, 0.25) is 0 Å². The van der Waals surface area contributed by atoms with E-state index in [2.05, 4.69) is 19.9 Å². The van der Waals surface area contributed by atoms with Crippen molar-refractivity contribution in [2.75, 3.05) is 7.11 Å². The Morgan fingerprint density at radius 3 is 2.82 bits per heavy atom. The molecular formula is C23H19F2N3O5. The second-order valence-corrected chi connectivity index (χ2v) is 7.78. The molecule has 0 amide bonds. The first-order valence-corrected chi connectivity index (χ1v) is 10.3. The van der Waals surface area contributed by atoms with E-state index in [4.69, 9.17) is 14.4 Å². The number of ether oxygens (including phenoxy) is 2. The summed E-state index contributed by atoms with van der Waals surface area (Å²) >= 11 is 0. The fraction of sp³-hybridized carbons (Fsp3) is 0.261. The molecule has 5 rings (SSSR count). The third-order valence-electron chi connectivity index (χ3n) is 5.82. The second-order valence-electron chi connectivity index (χ2n) is 7.78. The maximum Gasteiger partial charge on any atom is 0.387 e. The van der Waals surface area contributed by atoms with Gasteiger partial charge in [-0.2, -0.15) is 13.8 Å². The molecule has 2 N–H and O–H groups in total. The summed E-state index contributed by atoms with van der Waals surface area (Å²) in [5, 5.41) is 14.2. The Labute approximate surface area is 186 Å². The summed E-state index contributed by atoms with van der Waals surface area (Å²) in [5.41, 5.74) is 4.28. The lowest BCUT2D eigenvalue weighted by Gasteiger charge is -2.09. The van der Waals surface area contributed by atoms with Crippen LogP contribution in [0, 0.1) is 0 Å². The van der Waals surface area contributed by atoms with Crippen LogP contribution in [-0.2, 0) is 11.2 Å². The van der Waals surface area contributed by atoms with Gasteiger partial charge in [0, 0.05) is 33.6 Å². The highest BCUT2D eigenvalue weighted by molar-refractivity contribution is 5.89. The molecule has 0 radical (unpaired) electrons. The SMILES string of the molecule is COc1cc(-c2nc(-c3ccc4[nH]c5c(c4c3)CCC5CC(=O)O)no2)ccc1OC(F)F. The number of carboxylic acid groups (broad SMARTS) is 1. The largest absolute Gasteiger partial charge is 0.493 e. The topological polar surface area (TPSA) is 110 Å². The number of nitrogens with one attached hydrogen (secondary N) is 1. The molecule has 1 aliphatic carbocycles. The molecule has 0 aliphatic heterocycles. The van der Waals surface area contributed by atoms with E-state index in [1.54, 1.807) is 0 Å². The molecule has 1 aliphatic rings. The zero-order chi connectivity index (χ0) is 23.1. The smallest absolute Gasteiger partial charge is 0.387 e. The standard InChI is InChI=1S/C23H19F2N3O5/c1-31-18-9-13(4-7-17(18)32-23(24)25)22-27-21(28-33-22)12-3-6-16-15(8-12)14-5-2-11(10-19(29)30)20(14)26-16/h3-4,6-9,11,23,26H,2,5,10H2,1H3,(H,29,30). The number of fused-ring (bicyclic) bond motifs is 3. The van der Waals surface area contributed by atoms with Crippen molar-refractivity contribution in [1.29, 1.82) is 0 Å². The molecule has 33 heavy (non-hydrogen) atoms.